The molecule has 4 heteroatoms. The van der Waals surface area contributed by atoms with Crippen LogP contribution in [0.2, 0.25) is 0 Å². The lowest BCUT2D eigenvalue weighted by molar-refractivity contribution is 0.0935. The van der Waals surface area contributed by atoms with Gasteiger partial charge in [0.1, 0.15) is 0 Å². The Hall–Kier alpha value is -1.39. The Balaban J connectivity index is 2.65. The summed E-state index contributed by atoms with van der Waals surface area (Å²) in [6, 6.07) is 7.58. The number of aliphatic hydroxyl groups excluding tert-OH is 1. The van der Waals surface area contributed by atoms with Crippen LogP contribution in [-0.2, 0) is 6.42 Å². The molecule has 100 valence electrons. The molecule has 0 fully saturated rings. The molecule has 0 bridgehead atoms. The molecule has 1 unspecified atom stereocenters. The van der Waals surface area contributed by atoms with Gasteiger partial charge in [-0.25, -0.2) is 0 Å². The quantitative estimate of drug-likeness (QED) is 0.678. The predicted molar refractivity (Wildman–Crippen MR) is 72.4 cm³/mol. The average molecular weight is 250 g/mol. The van der Waals surface area contributed by atoms with Crippen LogP contribution in [0.25, 0.3) is 0 Å². The van der Waals surface area contributed by atoms with Crippen LogP contribution in [-0.4, -0.2) is 30.2 Å². The van der Waals surface area contributed by atoms with Crippen LogP contribution in [0.5, 0.6) is 0 Å². The molecule has 0 saturated carbocycles. The first kappa shape index (κ1) is 14.7. The molecule has 0 aromatic heterocycles. The molecule has 0 aliphatic carbocycles. The molecule has 1 aromatic carbocycles. The van der Waals surface area contributed by atoms with Crippen molar-refractivity contribution in [1.29, 1.82) is 0 Å². The van der Waals surface area contributed by atoms with E-state index in [1.165, 1.54) is 0 Å². The summed E-state index contributed by atoms with van der Waals surface area (Å²) >= 11 is 0. The number of benzene rings is 1. The van der Waals surface area contributed by atoms with E-state index < -0.39 is 0 Å². The fourth-order valence-electron chi connectivity index (χ4n) is 1.89. The van der Waals surface area contributed by atoms with Gasteiger partial charge in [0.2, 0.25) is 0 Å². The number of carbonyl (C=O) groups excluding carboxylic acids is 1. The summed E-state index contributed by atoms with van der Waals surface area (Å²) in [6.45, 7) is 2.63. The average Bonchev–Trinajstić information content (AvgIpc) is 2.37. The molecule has 0 radical (unpaired) electrons. The van der Waals surface area contributed by atoms with E-state index in [1.807, 2.05) is 31.2 Å². The predicted octanol–water partition coefficient (Wildman–Crippen LogP) is 1.08. The molecule has 0 spiro atoms. The topological polar surface area (TPSA) is 75.3 Å². The van der Waals surface area contributed by atoms with E-state index >= 15 is 0 Å². The zero-order valence-corrected chi connectivity index (χ0v) is 10.9. The molecule has 18 heavy (non-hydrogen) atoms. The zero-order chi connectivity index (χ0) is 13.4. The highest BCUT2D eigenvalue weighted by molar-refractivity contribution is 5.95. The van der Waals surface area contributed by atoms with Crippen molar-refractivity contribution in [2.75, 3.05) is 13.2 Å². The SMILES string of the molecule is CC(CCCO)NC(=O)c1ccccc1CCN. The molecule has 1 amide bonds. The van der Waals surface area contributed by atoms with Gasteiger partial charge in [-0.3, -0.25) is 4.79 Å². The molecule has 4 nitrogen and oxygen atoms in total. The van der Waals surface area contributed by atoms with Gasteiger partial charge in [-0.1, -0.05) is 18.2 Å². The molecule has 1 atom stereocenters. The zero-order valence-electron chi connectivity index (χ0n) is 10.9. The lowest BCUT2D eigenvalue weighted by Gasteiger charge is -2.15. The van der Waals surface area contributed by atoms with E-state index in [2.05, 4.69) is 5.32 Å². The maximum absolute atomic E-state index is 12.1. The fraction of sp³-hybridized carbons (Fsp3) is 0.500. The number of nitrogens with two attached hydrogens (primary N) is 1. The van der Waals surface area contributed by atoms with Crippen molar-refractivity contribution in [3.63, 3.8) is 0 Å². The molecule has 4 N–H and O–H groups in total. The summed E-state index contributed by atoms with van der Waals surface area (Å²) in [6.07, 6.45) is 2.18. The molecular weight excluding hydrogens is 228 g/mol. The van der Waals surface area contributed by atoms with E-state index in [9.17, 15) is 4.79 Å². The normalized spacial score (nSPS) is 12.2. The van der Waals surface area contributed by atoms with Crippen molar-refractivity contribution in [2.45, 2.75) is 32.2 Å². The summed E-state index contributed by atoms with van der Waals surface area (Å²) in [7, 11) is 0. The van der Waals surface area contributed by atoms with Crippen molar-refractivity contribution >= 4 is 5.91 Å². The third-order valence-corrected chi connectivity index (χ3v) is 2.85. The Morgan fingerprint density at radius 3 is 2.83 bits per heavy atom. The number of aliphatic hydroxyl groups is 1. The lowest BCUT2D eigenvalue weighted by atomic mass is 10.0. The van der Waals surface area contributed by atoms with Crippen molar-refractivity contribution in [1.82, 2.24) is 5.32 Å². The van der Waals surface area contributed by atoms with E-state index in [4.69, 9.17) is 10.8 Å². The summed E-state index contributed by atoms with van der Waals surface area (Å²) in [5.41, 5.74) is 7.21. The summed E-state index contributed by atoms with van der Waals surface area (Å²) in [4.78, 5) is 12.1. The van der Waals surface area contributed by atoms with Gasteiger partial charge in [-0.15, -0.1) is 0 Å². The summed E-state index contributed by atoms with van der Waals surface area (Å²) in [5.74, 6) is -0.0653. The van der Waals surface area contributed by atoms with Crippen LogP contribution in [0.15, 0.2) is 24.3 Å². The van der Waals surface area contributed by atoms with Gasteiger partial charge in [0.15, 0.2) is 0 Å². The van der Waals surface area contributed by atoms with E-state index in [0.717, 1.165) is 12.0 Å². The number of amides is 1. The monoisotopic (exact) mass is 250 g/mol. The molecule has 0 saturated heterocycles. The van der Waals surface area contributed by atoms with Crippen molar-refractivity contribution in [2.24, 2.45) is 5.73 Å². The fourth-order valence-corrected chi connectivity index (χ4v) is 1.89. The van der Waals surface area contributed by atoms with Crippen LogP contribution in [0.3, 0.4) is 0 Å². The minimum absolute atomic E-state index is 0.0653. The Morgan fingerprint density at radius 1 is 1.44 bits per heavy atom. The smallest absolute Gasteiger partial charge is 0.251 e. The minimum atomic E-state index is -0.0653. The van der Waals surface area contributed by atoms with Crippen LogP contribution in [0.4, 0.5) is 0 Å². The number of carbonyl (C=O) groups is 1. The van der Waals surface area contributed by atoms with Gasteiger partial charge in [0.05, 0.1) is 0 Å². The molecular formula is C14H22N2O2. The third-order valence-electron chi connectivity index (χ3n) is 2.85. The van der Waals surface area contributed by atoms with Crippen LogP contribution in [0, 0.1) is 0 Å². The van der Waals surface area contributed by atoms with Crippen LogP contribution in [0.1, 0.15) is 35.7 Å². The van der Waals surface area contributed by atoms with Gasteiger partial charge >= 0.3 is 0 Å². The molecule has 0 heterocycles. The number of hydrogen-bond donors (Lipinski definition) is 3. The van der Waals surface area contributed by atoms with E-state index in [1.54, 1.807) is 0 Å². The first-order valence-corrected chi connectivity index (χ1v) is 6.38. The van der Waals surface area contributed by atoms with Gasteiger partial charge in [0, 0.05) is 18.2 Å². The van der Waals surface area contributed by atoms with Crippen LogP contribution < -0.4 is 11.1 Å². The van der Waals surface area contributed by atoms with E-state index in [-0.39, 0.29) is 18.6 Å². The second-order valence-electron chi connectivity index (χ2n) is 4.44. The van der Waals surface area contributed by atoms with Gasteiger partial charge < -0.3 is 16.2 Å². The highest BCUT2D eigenvalue weighted by Crippen LogP contribution is 2.10. The Labute approximate surface area is 108 Å². The van der Waals surface area contributed by atoms with Crippen molar-refractivity contribution in [3.8, 4) is 0 Å². The molecule has 0 aliphatic rings. The highest BCUT2D eigenvalue weighted by Gasteiger charge is 2.12. The number of nitrogens with one attached hydrogen (secondary N) is 1. The number of hydrogen-bond acceptors (Lipinski definition) is 3. The molecule has 1 rings (SSSR count). The van der Waals surface area contributed by atoms with Gasteiger partial charge in [0.25, 0.3) is 5.91 Å². The second-order valence-corrected chi connectivity index (χ2v) is 4.44. The summed E-state index contributed by atoms with van der Waals surface area (Å²) in [5, 5.41) is 11.7. The molecule has 1 aromatic rings. The standard InChI is InChI=1S/C14H22N2O2/c1-11(5-4-10-17)16-14(18)13-7-3-2-6-12(13)8-9-15/h2-3,6-7,11,17H,4-5,8-10,15H2,1H3,(H,16,18). The maximum Gasteiger partial charge on any atom is 0.251 e. The van der Waals surface area contributed by atoms with E-state index in [0.29, 0.717) is 24.9 Å². The summed E-state index contributed by atoms with van der Waals surface area (Å²) < 4.78 is 0. The Kier molecular flexibility index (Phi) is 6.39. The first-order valence-electron chi connectivity index (χ1n) is 6.38. The largest absolute Gasteiger partial charge is 0.396 e. The third kappa shape index (κ3) is 4.47. The van der Waals surface area contributed by atoms with Crippen molar-refractivity contribution in [3.05, 3.63) is 35.4 Å². The first-order chi connectivity index (χ1) is 8.69. The Morgan fingerprint density at radius 2 is 2.17 bits per heavy atom. The van der Waals surface area contributed by atoms with Gasteiger partial charge in [-0.05, 0) is 44.4 Å². The van der Waals surface area contributed by atoms with Gasteiger partial charge in [-0.2, -0.15) is 0 Å². The maximum atomic E-state index is 12.1. The molecule has 0 aliphatic heterocycles. The minimum Gasteiger partial charge on any atom is -0.396 e. The second kappa shape index (κ2) is 7.84. The Bertz CT molecular complexity index is 380. The highest BCUT2D eigenvalue weighted by atomic mass is 16.2. The number of rotatable bonds is 7. The van der Waals surface area contributed by atoms with Crippen molar-refractivity contribution < 1.29 is 9.90 Å². The lowest BCUT2D eigenvalue weighted by Crippen LogP contribution is -2.33. The van der Waals surface area contributed by atoms with Crippen LogP contribution >= 0.6 is 0 Å².